The summed E-state index contributed by atoms with van der Waals surface area (Å²) >= 11 is 0. The van der Waals surface area contributed by atoms with Crippen molar-refractivity contribution in [2.45, 2.75) is 43.6 Å². The number of carboxylic acids is 1. The first-order valence-corrected chi connectivity index (χ1v) is 6.10. The number of rotatable bonds is 9. The Morgan fingerprint density at radius 3 is 2.05 bits per heavy atom. The number of carbonyl (C=O) groups is 2. The first kappa shape index (κ1) is 25.8. The molecule has 9 N–H and O–H groups in total. The fraction of sp³-hybridized carbons (Fsp3) is 0.818. The van der Waals surface area contributed by atoms with Crippen molar-refractivity contribution in [2.24, 2.45) is 11.5 Å². The van der Waals surface area contributed by atoms with Crippen LogP contribution in [0.15, 0.2) is 0 Å². The molecular weight excluding hydrogens is 295 g/mol. The van der Waals surface area contributed by atoms with Gasteiger partial charge >= 0.3 is 5.97 Å². The normalized spacial score (nSPS) is 15.5. The molecule has 0 amide bonds. The number of aliphatic carboxylic acids is 1. The minimum Gasteiger partial charge on any atom is -0.480 e. The average Bonchev–Trinajstić information content (AvgIpc) is 2.45. The van der Waals surface area contributed by atoms with Crippen molar-refractivity contribution < 1.29 is 35.1 Å². The van der Waals surface area contributed by atoms with Gasteiger partial charge in [0, 0.05) is 29.6 Å². The molecule has 0 aliphatic carbocycles. The molecule has 0 aliphatic rings. The van der Waals surface area contributed by atoms with Gasteiger partial charge in [0.2, 0.25) is 0 Å². The number of aliphatic hydroxyl groups is 4. The number of hydrogen-bond donors (Lipinski definition) is 7. The van der Waals surface area contributed by atoms with Gasteiger partial charge in [-0.15, -0.1) is 0 Å². The molecule has 0 aromatic heterocycles. The zero-order valence-corrected chi connectivity index (χ0v) is 14.1. The minimum absolute atomic E-state index is 0. The van der Waals surface area contributed by atoms with E-state index in [-0.39, 0.29) is 35.8 Å². The molecule has 1 radical (unpaired) electrons. The number of nitrogens with two attached hydrogens (primary N) is 2. The number of aliphatic hydroxyl groups excluding tert-OH is 4. The van der Waals surface area contributed by atoms with Crippen LogP contribution in [0.3, 0.4) is 0 Å². The van der Waals surface area contributed by atoms with Crippen LogP contribution in [-0.4, -0.2) is 105 Å². The molecule has 21 heavy (non-hydrogen) atoms. The van der Waals surface area contributed by atoms with Crippen LogP contribution in [0, 0.1) is 0 Å². The Hall–Kier alpha value is -0.100. The van der Waals surface area contributed by atoms with E-state index in [1.807, 2.05) is 0 Å². The van der Waals surface area contributed by atoms with E-state index in [1.54, 1.807) is 0 Å². The second-order valence-corrected chi connectivity index (χ2v) is 4.10. The molecule has 121 valence electrons. The van der Waals surface area contributed by atoms with E-state index in [1.165, 1.54) is 0 Å². The van der Waals surface area contributed by atoms with Gasteiger partial charge in [-0.3, -0.25) is 4.79 Å². The van der Waals surface area contributed by atoms with E-state index >= 15 is 0 Å². The fourth-order valence-electron chi connectivity index (χ4n) is 1.05. The summed E-state index contributed by atoms with van der Waals surface area (Å²) in [5.74, 6) is -0.933. The van der Waals surface area contributed by atoms with Gasteiger partial charge in [0.15, 0.2) is 6.29 Å². The first-order chi connectivity index (χ1) is 9.31. The number of hydrogen-bond acceptors (Lipinski definition) is 8. The van der Waals surface area contributed by atoms with Crippen molar-refractivity contribution in [3.63, 3.8) is 0 Å². The second kappa shape index (κ2) is 16.3. The monoisotopic (exact) mass is 319 g/mol. The van der Waals surface area contributed by atoms with Gasteiger partial charge in [0.25, 0.3) is 0 Å². The van der Waals surface area contributed by atoms with Crippen molar-refractivity contribution in [3.8, 4) is 0 Å². The quantitative estimate of drug-likeness (QED) is 0.128. The summed E-state index contributed by atoms with van der Waals surface area (Å²) in [6.07, 6.45) is -2.47. The van der Waals surface area contributed by atoms with Crippen LogP contribution in [0.2, 0.25) is 0 Å². The fourth-order valence-corrected chi connectivity index (χ4v) is 1.05. The van der Waals surface area contributed by atoms with Gasteiger partial charge in [-0.2, -0.15) is 0 Å². The first-order valence-electron chi connectivity index (χ1n) is 6.10. The van der Waals surface area contributed by atoms with Crippen molar-refractivity contribution in [1.29, 1.82) is 0 Å². The summed E-state index contributed by atoms with van der Waals surface area (Å²) in [5, 5.41) is 42.4. The SMILES string of the molecule is NCCCC[C@H](N)C(=O)O.O=C[C@H](O)[C@@H](O)[C@H](O)CO.[Na]. The molecule has 4 atom stereocenters. The summed E-state index contributed by atoms with van der Waals surface area (Å²) in [7, 11) is 0. The third kappa shape index (κ3) is 14.6. The van der Waals surface area contributed by atoms with E-state index in [0.717, 1.165) is 12.8 Å². The largest absolute Gasteiger partial charge is 0.480 e. The summed E-state index contributed by atoms with van der Waals surface area (Å²) in [4.78, 5) is 19.9. The molecule has 0 rings (SSSR count). The zero-order valence-electron chi connectivity index (χ0n) is 12.1. The van der Waals surface area contributed by atoms with Crippen LogP contribution in [-0.2, 0) is 9.59 Å². The standard InChI is InChI=1S/C6H14N2O2.C5H10O5.Na/c7-4-2-1-3-5(8)6(9)10;6-1-3(8)5(10)4(9)2-7;/h5H,1-4,7-8H2,(H,9,10);1,3-5,7-10H,2H2;/t5-;3-,4+,5+;/m00./s1. The van der Waals surface area contributed by atoms with Gasteiger partial charge in [0.1, 0.15) is 24.4 Å². The van der Waals surface area contributed by atoms with Gasteiger partial charge < -0.3 is 41.8 Å². The predicted octanol–water partition coefficient (Wildman–Crippen LogP) is -3.59. The van der Waals surface area contributed by atoms with Crippen molar-refractivity contribution in [1.82, 2.24) is 0 Å². The zero-order chi connectivity index (χ0) is 16.1. The van der Waals surface area contributed by atoms with E-state index in [0.29, 0.717) is 13.0 Å². The van der Waals surface area contributed by atoms with Crippen LogP contribution in [0.25, 0.3) is 0 Å². The van der Waals surface area contributed by atoms with E-state index in [9.17, 15) is 9.59 Å². The summed E-state index contributed by atoms with van der Waals surface area (Å²) in [6, 6.07) is -0.716. The third-order valence-corrected chi connectivity index (χ3v) is 2.36. The molecule has 9 nitrogen and oxygen atoms in total. The minimum atomic E-state index is -1.64. The molecule has 0 spiro atoms. The smallest absolute Gasteiger partial charge is 0.320 e. The maximum Gasteiger partial charge on any atom is 0.320 e. The van der Waals surface area contributed by atoms with Crippen LogP contribution >= 0.6 is 0 Å². The molecule has 10 heteroatoms. The Morgan fingerprint density at radius 1 is 1.19 bits per heavy atom. The Balaban J connectivity index is -0.000000295. The number of unbranched alkanes of at least 4 members (excludes halogenated alkanes) is 1. The number of carboxylic acid groups (broad SMARTS) is 1. The van der Waals surface area contributed by atoms with Gasteiger partial charge in [-0.25, -0.2) is 0 Å². The Labute approximate surface area is 145 Å². The predicted molar refractivity (Wildman–Crippen MR) is 75.4 cm³/mol. The molecule has 0 saturated heterocycles. The van der Waals surface area contributed by atoms with Crippen molar-refractivity contribution >= 4 is 41.8 Å². The number of carbonyl (C=O) groups excluding carboxylic acids is 1. The van der Waals surface area contributed by atoms with Crippen LogP contribution in [0.1, 0.15) is 19.3 Å². The molecule has 0 unspecified atom stereocenters. The van der Waals surface area contributed by atoms with E-state index in [4.69, 9.17) is 37.0 Å². The summed E-state index contributed by atoms with van der Waals surface area (Å²) in [6.45, 7) is -0.0849. The summed E-state index contributed by atoms with van der Waals surface area (Å²) in [5.41, 5.74) is 10.4. The number of aldehydes is 1. The molecule has 0 heterocycles. The molecule has 0 aromatic carbocycles. The van der Waals surface area contributed by atoms with Crippen LogP contribution in [0.4, 0.5) is 0 Å². The van der Waals surface area contributed by atoms with Gasteiger partial charge in [-0.05, 0) is 19.4 Å². The summed E-state index contributed by atoms with van der Waals surface area (Å²) < 4.78 is 0. The molecular formula is C11H24N2NaO7. The maximum atomic E-state index is 10.1. The average molecular weight is 319 g/mol. The molecule has 0 aromatic rings. The molecule has 0 fully saturated rings. The van der Waals surface area contributed by atoms with E-state index < -0.39 is 36.9 Å². The molecule has 0 aliphatic heterocycles. The topological polar surface area (TPSA) is 187 Å². The molecule has 0 bridgehead atoms. The van der Waals surface area contributed by atoms with Crippen LogP contribution < -0.4 is 11.5 Å². The Kier molecular flexibility index (Phi) is 20.0. The Bertz CT molecular complexity index is 271. The molecule has 0 saturated carbocycles. The third-order valence-electron chi connectivity index (χ3n) is 2.36. The van der Waals surface area contributed by atoms with Crippen LogP contribution in [0.5, 0.6) is 0 Å². The van der Waals surface area contributed by atoms with E-state index in [2.05, 4.69) is 0 Å². The van der Waals surface area contributed by atoms with Gasteiger partial charge in [0.05, 0.1) is 6.61 Å². The second-order valence-electron chi connectivity index (χ2n) is 4.10. The van der Waals surface area contributed by atoms with Gasteiger partial charge in [-0.1, -0.05) is 6.42 Å². The van der Waals surface area contributed by atoms with Crippen molar-refractivity contribution in [2.75, 3.05) is 13.2 Å². The van der Waals surface area contributed by atoms with Crippen molar-refractivity contribution in [3.05, 3.63) is 0 Å². The maximum absolute atomic E-state index is 10.1. The Morgan fingerprint density at radius 2 is 1.71 bits per heavy atom.